The Balaban J connectivity index is 1.91. The van der Waals surface area contributed by atoms with Crippen LogP contribution in [0, 0.1) is 20.8 Å². The van der Waals surface area contributed by atoms with E-state index in [1.807, 2.05) is 39.0 Å². The number of anilines is 1. The van der Waals surface area contributed by atoms with Gasteiger partial charge in [0.25, 0.3) is 10.0 Å². The van der Waals surface area contributed by atoms with Crippen LogP contribution in [0.25, 0.3) is 21.3 Å². The lowest BCUT2D eigenvalue weighted by Crippen LogP contribution is -2.13. The summed E-state index contributed by atoms with van der Waals surface area (Å²) >= 11 is 4.92. The smallest absolute Gasteiger partial charge is 0.261 e. The van der Waals surface area contributed by atoms with Crippen molar-refractivity contribution in [3.05, 3.63) is 75.2 Å². The van der Waals surface area contributed by atoms with Crippen molar-refractivity contribution in [2.45, 2.75) is 25.7 Å². The van der Waals surface area contributed by atoms with Gasteiger partial charge in [-0.25, -0.2) is 13.4 Å². The Kier molecular flexibility index (Phi) is 5.23. The summed E-state index contributed by atoms with van der Waals surface area (Å²) < 4.78 is 29.7. The number of pyridine rings is 1. The molecule has 29 heavy (non-hydrogen) atoms. The Hall–Kier alpha value is -2.22. The average Bonchev–Trinajstić information content (AvgIpc) is 2.97. The Labute approximate surface area is 182 Å². The number of aromatic nitrogens is 1. The van der Waals surface area contributed by atoms with E-state index in [4.69, 9.17) is 0 Å². The van der Waals surface area contributed by atoms with Crippen molar-refractivity contribution in [1.82, 2.24) is 4.98 Å². The largest absolute Gasteiger partial charge is 0.279 e. The van der Waals surface area contributed by atoms with Gasteiger partial charge >= 0.3 is 0 Å². The fourth-order valence-corrected chi connectivity index (χ4v) is 5.82. The van der Waals surface area contributed by atoms with E-state index in [9.17, 15) is 8.42 Å². The molecule has 0 aliphatic heterocycles. The molecule has 0 saturated carbocycles. The van der Waals surface area contributed by atoms with E-state index < -0.39 is 10.0 Å². The highest BCUT2D eigenvalue weighted by Crippen LogP contribution is 2.42. The summed E-state index contributed by atoms with van der Waals surface area (Å²) in [5.74, 6) is 0. The van der Waals surface area contributed by atoms with Crippen LogP contribution in [0.1, 0.15) is 16.1 Å². The number of hydrogen-bond acceptors (Lipinski definition) is 4. The van der Waals surface area contributed by atoms with Crippen molar-refractivity contribution in [2.75, 3.05) is 4.72 Å². The number of thiophene rings is 1. The molecule has 0 amide bonds. The molecular formula is C22H19BrN2O2S2. The summed E-state index contributed by atoms with van der Waals surface area (Å²) in [7, 11) is -3.73. The number of rotatable bonds is 4. The Bertz CT molecular complexity index is 1330. The first kappa shape index (κ1) is 20.1. The molecule has 7 heteroatoms. The third-order valence-corrected chi connectivity index (χ3v) is 7.55. The van der Waals surface area contributed by atoms with Gasteiger partial charge in [0.15, 0.2) is 0 Å². The summed E-state index contributed by atoms with van der Waals surface area (Å²) in [5.41, 5.74) is 4.55. The van der Waals surface area contributed by atoms with Gasteiger partial charge in [-0.3, -0.25) is 4.72 Å². The lowest BCUT2D eigenvalue weighted by atomic mass is 10.0. The molecule has 4 nitrogen and oxygen atoms in total. The third kappa shape index (κ3) is 3.95. The van der Waals surface area contributed by atoms with Crippen LogP contribution >= 0.6 is 27.3 Å². The second-order valence-electron chi connectivity index (χ2n) is 6.95. The average molecular weight is 487 g/mol. The molecule has 0 aliphatic carbocycles. The molecule has 2 heterocycles. The SMILES string of the molecule is Cc1cccc(-c2c(C)sc3nc(C)cc(NS(=O)(=O)c4ccc(Br)cc4)c23)c1. The molecule has 0 radical (unpaired) electrons. The van der Waals surface area contributed by atoms with Crippen LogP contribution in [0.2, 0.25) is 0 Å². The first-order valence-corrected chi connectivity index (χ1v) is 12.1. The standard InChI is InChI=1S/C22H19BrN2O2S2/c1-13-5-4-6-16(11-13)20-15(3)28-22-21(20)19(12-14(2)24-22)25-29(26,27)18-9-7-17(23)8-10-18/h4-12H,1-3H3,(H,24,25). The molecule has 0 spiro atoms. The Morgan fingerprint density at radius 1 is 1.00 bits per heavy atom. The molecule has 0 unspecified atom stereocenters. The second kappa shape index (κ2) is 7.55. The van der Waals surface area contributed by atoms with Crippen LogP contribution in [0.3, 0.4) is 0 Å². The van der Waals surface area contributed by atoms with Gasteiger partial charge in [0.2, 0.25) is 0 Å². The van der Waals surface area contributed by atoms with Crippen LogP contribution in [0.5, 0.6) is 0 Å². The topological polar surface area (TPSA) is 59.1 Å². The molecule has 2 aromatic heterocycles. The van der Waals surface area contributed by atoms with Gasteiger partial charge in [0, 0.05) is 26.0 Å². The summed E-state index contributed by atoms with van der Waals surface area (Å²) in [5, 5.41) is 0.837. The number of fused-ring (bicyclic) bond motifs is 1. The minimum atomic E-state index is -3.73. The van der Waals surface area contributed by atoms with Crippen LogP contribution in [-0.4, -0.2) is 13.4 Å². The predicted molar refractivity (Wildman–Crippen MR) is 124 cm³/mol. The monoisotopic (exact) mass is 486 g/mol. The van der Waals surface area contributed by atoms with Crippen molar-refractivity contribution in [3.63, 3.8) is 0 Å². The van der Waals surface area contributed by atoms with Crippen LogP contribution < -0.4 is 4.72 Å². The number of nitrogens with one attached hydrogen (secondary N) is 1. The van der Waals surface area contributed by atoms with Crippen LogP contribution in [-0.2, 0) is 10.0 Å². The first-order chi connectivity index (χ1) is 13.7. The molecule has 4 rings (SSSR count). The lowest BCUT2D eigenvalue weighted by Gasteiger charge is -2.12. The van der Waals surface area contributed by atoms with E-state index in [2.05, 4.69) is 31.7 Å². The van der Waals surface area contributed by atoms with Gasteiger partial charge in [0.1, 0.15) is 4.83 Å². The fraction of sp³-hybridized carbons (Fsp3) is 0.136. The normalized spacial score (nSPS) is 11.7. The van der Waals surface area contributed by atoms with Crippen molar-refractivity contribution < 1.29 is 8.42 Å². The molecule has 0 fully saturated rings. The van der Waals surface area contributed by atoms with Crippen LogP contribution in [0.4, 0.5) is 5.69 Å². The lowest BCUT2D eigenvalue weighted by molar-refractivity contribution is 0.601. The molecule has 0 aliphatic rings. The van der Waals surface area contributed by atoms with Gasteiger partial charge in [-0.2, -0.15) is 0 Å². The Morgan fingerprint density at radius 2 is 1.72 bits per heavy atom. The van der Waals surface area contributed by atoms with Gasteiger partial charge in [0.05, 0.1) is 10.6 Å². The zero-order chi connectivity index (χ0) is 20.8. The molecule has 148 valence electrons. The molecular weight excluding hydrogens is 468 g/mol. The number of halogens is 1. The zero-order valence-corrected chi connectivity index (χ0v) is 19.4. The third-order valence-electron chi connectivity index (χ3n) is 4.64. The van der Waals surface area contributed by atoms with Crippen molar-refractivity contribution in [1.29, 1.82) is 0 Å². The highest BCUT2D eigenvalue weighted by molar-refractivity contribution is 9.10. The molecule has 0 saturated heterocycles. The first-order valence-electron chi connectivity index (χ1n) is 9.01. The van der Waals surface area contributed by atoms with Crippen molar-refractivity contribution >= 4 is 53.2 Å². The fourth-order valence-electron chi connectivity index (χ4n) is 3.38. The highest BCUT2D eigenvalue weighted by atomic mass is 79.9. The predicted octanol–water partition coefficient (Wildman–Crippen LogP) is 6.45. The minimum absolute atomic E-state index is 0.215. The van der Waals surface area contributed by atoms with Gasteiger partial charge in [-0.15, -0.1) is 11.3 Å². The zero-order valence-electron chi connectivity index (χ0n) is 16.2. The summed E-state index contributed by atoms with van der Waals surface area (Å²) in [6.45, 7) is 5.97. The molecule has 0 atom stereocenters. The summed E-state index contributed by atoms with van der Waals surface area (Å²) in [4.78, 5) is 6.80. The highest BCUT2D eigenvalue weighted by Gasteiger charge is 2.21. The molecule has 2 aromatic carbocycles. The molecule has 1 N–H and O–H groups in total. The van der Waals surface area contributed by atoms with E-state index in [-0.39, 0.29) is 4.90 Å². The summed E-state index contributed by atoms with van der Waals surface area (Å²) in [6.07, 6.45) is 0. The maximum Gasteiger partial charge on any atom is 0.261 e. The maximum absolute atomic E-state index is 13.0. The quantitative estimate of drug-likeness (QED) is 0.360. The van der Waals surface area contributed by atoms with Gasteiger partial charge in [-0.1, -0.05) is 45.8 Å². The number of sulfonamides is 1. The van der Waals surface area contributed by atoms with E-state index >= 15 is 0 Å². The van der Waals surface area contributed by atoms with E-state index in [1.165, 1.54) is 0 Å². The number of hydrogen-bond donors (Lipinski definition) is 1. The van der Waals surface area contributed by atoms with Crippen molar-refractivity contribution in [2.24, 2.45) is 0 Å². The van der Waals surface area contributed by atoms with E-state index in [1.54, 1.807) is 41.7 Å². The van der Waals surface area contributed by atoms with E-state index in [0.29, 0.717) is 5.69 Å². The number of nitrogens with zero attached hydrogens (tertiary/aromatic N) is 1. The van der Waals surface area contributed by atoms with Crippen molar-refractivity contribution in [3.8, 4) is 11.1 Å². The van der Waals surface area contributed by atoms with Crippen LogP contribution in [0.15, 0.2) is 64.0 Å². The molecule has 0 bridgehead atoms. The van der Waals surface area contributed by atoms with E-state index in [0.717, 1.165) is 42.0 Å². The summed E-state index contributed by atoms with van der Waals surface area (Å²) in [6, 6.07) is 16.6. The van der Waals surface area contributed by atoms with Gasteiger partial charge in [-0.05, 0) is 56.7 Å². The maximum atomic E-state index is 13.0. The minimum Gasteiger partial charge on any atom is -0.279 e. The Morgan fingerprint density at radius 3 is 2.41 bits per heavy atom. The number of aryl methyl sites for hydroxylation is 3. The number of benzene rings is 2. The molecule has 4 aromatic rings. The second-order valence-corrected chi connectivity index (χ2v) is 10.8. The van der Waals surface area contributed by atoms with Gasteiger partial charge < -0.3 is 0 Å².